The summed E-state index contributed by atoms with van der Waals surface area (Å²) in [5.41, 5.74) is -1.21. The van der Waals surface area contributed by atoms with Gasteiger partial charge in [0.15, 0.2) is 0 Å². The Hall–Kier alpha value is -2.99. The monoisotopic (exact) mass is 477 g/mol. The van der Waals surface area contributed by atoms with Crippen molar-refractivity contribution >= 4 is 23.7 Å². The standard InChI is InChI=1S/C22H31N5O7/c1-12(28)23-16-7-9-27(20(30)25-16)17-10-15-18(33-17)13(11-32-15)24-19(29)14-6-5-8-26(14)21(31)34-22(2,3)4/h7,9,13-15,17-18H,5-6,8,10-11H2,1-4H3,(H,24,29)(H,23,25,28,30)/t13-,14+,15+,17+,18+/m0/s1. The average Bonchev–Trinajstić information content (AvgIpc) is 3.43. The molecule has 12 heteroatoms. The summed E-state index contributed by atoms with van der Waals surface area (Å²) in [6.45, 7) is 7.43. The molecule has 0 spiro atoms. The molecule has 12 nitrogen and oxygen atoms in total. The van der Waals surface area contributed by atoms with Crippen molar-refractivity contribution in [3.63, 3.8) is 0 Å². The number of hydrogen-bond donors (Lipinski definition) is 2. The van der Waals surface area contributed by atoms with E-state index < -0.39 is 41.8 Å². The molecule has 3 amide bonds. The predicted octanol–water partition coefficient (Wildman–Crippen LogP) is 0.772. The minimum Gasteiger partial charge on any atom is -0.444 e. The van der Waals surface area contributed by atoms with Gasteiger partial charge >= 0.3 is 11.8 Å². The molecule has 0 aliphatic carbocycles. The number of hydrogen-bond acceptors (Lipinski definition) is 8. The molecule has 0 aromatic carbocycles. The van der Waals surface area contributed by atoms with Crippen LogP contribution in [0.4, 0.5) is 10.6 Å². The molecule has 4 heterocycles. The van der Waals surface area contributed by atoms with Crippen molar-refractivity contribution in [2.75, 3.05) is 18.5 Å². The zero-order valence-electron chi connectivity index (χ0n) is 19.8. The Labute approximate surface area is 196 Å². The van der Waals surface area contributed by atoms with E-state index in [0.29, 0.717) is 25.8 Å². The maximum atomic E-state index is 13.0. The molecule has 0 unspecified atom stereocenters. The van der Waals surface area contributed by atoms with E-state index >= 15 is 0 Å². The first-order chi connectivity index (χ1) is 16.0. The quantitative estimate of drug-likeness (QED) is 0.648. The lowest BCUT2D eigenvalue weighted by Crippen LogP contribution is -2.52. The Bertz CT molecular complexity index is 1020. The first-order valence-corrected chi connectivity index (χ1v) is 11.5. The molecule has 3 aliphatic heterocycles. The number of rotatable bonds is 4. The maximum Gasteiger partial charge on any atom is 0.410 e. The van der Waals surface area contributed by atoms with Gasteiger partial charge in [0.05, 0.1) is 18.8 Å². The van der Waals surface area contributed by atoms with Crippen LogP contribution in [0.15, 0.2) is 17.1 Å². The van der Waals surface area contributed by atoms with E-state index in [9.17, 15) is 19.2 Å². The molecule has 0 radical (unpaired) electrons. The van der Waals surface area contributed by atoms with Crippen LogP contribution in [-0.4, -0.2) is 75.4 Å². The number of carbonyl (C=O) groups excluding carboxylic acids is 3. The summed E-state index contributed by atoms with van der Waals surface area (Å²) >= 11 is 0. The summed E-state index contributed by atoms with van der Waals surface area (Å²) in [4.78, 5) is 54.5. The summed E-state index contributed by atoms with van der Waals surface area (Å²) in [7, 11) is 0. The van der Waals surface area contributed by atoms with Crippen molar-refractivity contribution in [2.45, 2.75) is 83.1 Å². The first-order valence-electron chi connectivity index (χ1n) is 11.5. The lowest BCUT2D eigenvalue weighted by molar-refractivity contribution is -0.127. The second-order valence-corrected chi connectivity index (χ2v) is 9.79. The van der Waals surface area contributed by atoms with Crippen LogP contribution in [0.5, 0.6) is 0 Å². The van der Waals surface area contributed by atoms with E-state index in [1.54, 1.807) is 20.8 Å². The van der Waals surface area contributed by atoms with Gasteiger partial charge in [-0.1, -0.05) is 0 Å². The van der Waals surface area contributed by atoms with E-state index in [-0.39, 0.29) is 30.3 Å². The van der Waals surface area contributed by atoms with Crippen molar-refractivity contribution in [3.8, 4) is 0 Å². The number of anilines is 1. The Morgan fingerprint density at radius 1 is 1.26 bits per heavy atom. The molecular formula is C22H31N5O7. The van der Waals surface area contributed by atoms with E-state index in [4.69, 9.17) is 14.2 Å². The molecule has 1 aromatic heterocycles. The van der Waals surface area contributed by atoms with Gasteiger partial charge in [-0.25, -0.2) is 9.59 Å². The van der Waals surface area contributed by atoms with E-state index in [1.807, 2.05) is 0 Å². The Morgan fingerprint density at radius 3 is 2.71 bits per heavy atom. The minimum absolute atomic E-state index is 0.166. The van der Waals surface area contributed by atoms with Crippen LogP contribution in [0, 0.1) is 0 Å². The zero-order valence-corrected chi connectivity index (χ0v) is 19.8. The Balaban J connectivity index is 1.38. The third-order valence-electron chi connectivity index (χ3n) is 5.96. The van der Waals surface area contributed by atoms with Crippen molar-refractivity contribution in [1.29, 1.82) is 0 Å². The Morgan fingerprint density at radius 2 is 2.03 bits per heavy atom. The molecular weight excluding hydrogens is 446 g/mol. The molecule has 186 valence electrons. The Kier molecular flexibility index (Phi) is 6.63. The largest absolute Gasteiger partial charge is 0.444 e. The number of aromatic nitrogens is 2. The molecule has 2 N–H and O–H groups in total. The van der Waals surface area contributed by atoms with Gasteiger partial charge in [0.2, 0.25) is 11.8 Å². The summed E-state index contributed by atoms with van der Waals surface area (Å²) in [6, 6.07) is 0.497. The van der Waals surface area contributed by atoms with Gasteiger partial charge in [-0.2, -0.15) is 4.98 Å². The molecule has 0 bridgehead atoms. The van der Waals surface area contributed by atoms with Crippen molar-refractivity contribution < 1.29 is 28.6 Å². The van der Waals surface area contributed by atoms with Gasteiger partial charge in [0.1, 0.15) is 29.8 Å². The SMILES string of the molecule is CC(=O)Nc1ccn([C@H]2C[C@H]3OC[C@H](NC(=O)[C@H]4CCCN4C(=O)OC(C)(C)C)[C@H]3O2)c(=O)n1. The van der Waals surface area contributed by atoms with Gasteiger partial charge in [-0.05, 0) is 39.7 Å². The number of fused-ring (bicyclic) bond motifs is 1. The van der Waals surface area contributed by atoms with Crippen molar-refractivity contribution in [3.05, 3.63) is 22.7 Å². The van der Waals surface area contributed by atoms with Crippen molar-refractivity contribution in [2.24, 2.45) is 0 Å². The van der Waals surface area contributed by atoms with Crippen LogP contribution in [0.3, 0.4) is 0 Å². The molecule has 34 heavy (non-hydrogen) atoms. The topological polar surface area (TPSA) is 141 Å². The number of nitrogens with one attached hydrogen (secondary N) is 2. The highest BCUT2D eigenvalue weighted by atomic mass is 16.6. The van der Waals surface area contributed by atoms with Crippen LogP contribution in [0.25, 0.3) is 0 Å². The van der Waals surface area contributed by atoms with Crippen LogP contribution >= 0.6 is 0 Å². The van der Waals surface area contributed by atoms with Gasteiger partial charge in [-0.3, -0.25) is 19.1 Å². The summed E-state index contributed by atoms with van der Waals surface area (Å²) in [6.07, 6.45) is 1.37. The average molecular weight is 478 g/mol. The van der Waals surface area contributed by atoms with Crippen LogP contribution in [-0.2, 0) is 23.8 Å². The molecule has 3 fully saturated rings. The van der Waals surface area contributed by atoms with Crippen molar-refractivity contribution in [1.82, 2.24) is 19.8 Å². The third-order valence-corrected chi connectivity index (χ3v) is 5.96. The second kappa shape index (κ2) is 9.34. The van der Waals surface area contributed by atoms with Gasteiger partial charge < -0.3 is 24.8 Å². The zero-order chi connectivity index (χ0) is 24.6. The number of carbonyl (C=O) groups is 3. The summed E-state index contributed by atoms with van der Waals surface area (Å²) in [5, 5.41) is 5.44. The highest BCUT2D eigenvalue weighted by Gasteiger charge is 2.48. The van der Waals surface area contributed by atoms with E-state index in [0.717, 1.165) is 0 Å². The maximum absolute atomic E-state index is 13.0. The fourth-order valence-corrected chi connectivity index (χ4v) is 4.54. The summed E-state index contributed by atoms with van der Waals surface area (Å²) in [5.74, 6) is -0.432. The van der Waals surface area contributed by atoms with Gasteiger partial charge in [0, 0.05) is 26.1 Å². The van der Waals surface area contributed by atoms with E-state index in [1.165, 1.54) is 28.7 Å². The van der Waals surface area contributed by atoms with E-state index in [2.05, 4.69) is 15.6 Å². The number of ether oxygens (including phenoxy) is 3. The smallest absolute Gasteiger partial charge is 0.410 e. The normalized spacial score (nSPS) is 28.5. The first kappa shape index (κ1) is 24.1. The van der Waals surface area contributed by atoms with Crippen LogP contribution < -0.4 is 16.3 Å². The lowest BCUT2D eigenvalue weighted by Gasteiger charge is -2.29. The fourth-order valence-electron chi connectivity index (χ4n) is 4.54. The highest BCUT2D eigenvalue weighted by Crippen LogP contribution is 2.36. The van der Waals surface area contributed by atoms with Gasteiger partial charge in [-0.15, -0.1) is 0 Å². The molecule has 3 saturated heterocycles. The van der Waals surface area contributed by atoms with Crippen LogP contribution in [0.1, 0.15) is 53.2 Å². The second-order valence-electron chi connectivity index (χ2n) is 9.79. The highest BCUT2D eigenvalue weighted by molar-refractivity contribution is 5.87. The number of likely N-dealkylation sites (tertiary alicyclic amines) is 1. The molecule has 5 atom stereocenters. The third kappa shape index (κ3) is 5.22. The summed E-state index contributed by atoms with van der Waals surface area (Å²) < 4.78 is 18.7. The predicted molar refractivity (Wildman–Crippen MR) is 119 cm³/mol. The van der Waals surface area contributed by atoms with Gasteiger partial charge in [0.25, 0.3) is 0 Å². The molecule has 4 rings (SSSR count). The fraction of sp³-hybridized carbons (Fsp3) is 0.682. The molecule has 3 aliphatic rings. The number of amides is 3. The number of nitrogens with zero attached hydrogens (tertiary/aromatic N) is 3. The minimum atomic E-state index is -0.646. The molecule has 1 aromatic rings. The molecule has 0 saturated carbocycles. The van der Waals surface area contributed by atoms with Crippen LogP contribution in [0.2, 0.25) is 0 Å². The lowest BCUT2D eigenvalue weighted by atomic mass is 10.1.